The highest BCUT2D eigenvalue weighted by Gasteiger charge is 2.41. The molecule has 2 aliphatic heterocycles. The molecule has 1 atom stereocenters. The Labute approximate surface area is 221 Å². The summed E-state index contributed by atoms with van der Waals surface area (Å²) < 4.78 is 26.8. The van der Waals surface area contributed by atoms with E-state index in [1.165, 1.54) is 26.6 Å². The highest BCUT2D eigenvalue weighted by Crippen LogP contribution is 2.43. The Bertz CT molecular complexity index is 1610. The maximum atomic E-state index is 13.6. The first-order valence-corrected chi connectivity index (χ1v) is 12.9. The number of aromatic nitrogens is 3. The monoisotopic (exact) mass is 535 g/mol. The summed E-state index contributed by atoms with van der Waals surface area (Å²) in [5.41, 5.74) is 3.52. The second-order valence-corrected chi connectivity index (χ2v) is 10.3. The lowest BCUT2D eigenvalue weighted by atomic mass is 10.0. The van der Waals surface area contributed by atoms with Gasteiger partial charge in [0, 0.05) is 37.2 Å². The molecule has 9 nitrogen and oxygen atoms in total. The van der Waals surface area contributed by atoms with Gasteiger partial charge in [0.05, 0.1) is 12.2 Å². The van der Waals surface area contributed by atoms with Crippen LogP contribution in [0.4, 0.5) is 10.1 Å². The zero-order valence-electron chi connectivity index (χ0n) is 20.5. The summed E-state index contributed by atoms with van der Waals surface area (Å²) >= 11 is 6.58. The normalized spacial score (nSPS) is 19.4. The number of amides is 2. The van der Waals surface area contributed by atoms with E-state index in [-0.39, 0.29) is 29.9 Å². The molecule has 4 aromatic rings. The number of halogens is 2. The summed E-state index contributed by atoms with van der Waals surface area (Å²) in [5.74, 6) is 0.633. The molecule has 2 amide bonds. The molecule has 38 heavy (non-hydrogen) atoms. The van der Waals surface area contributed by atoms with Crippen molar-refractivity contribution in [2.75, 3.05) is 25.1 Å². The van der Waals surface area contributed by atoms with Crippen LogP contribution in [-0.2, 0) is 17.8 Å². The number of rotatable bonds is 4. The van der Waals surface area contributed by atoms with Crippen LogP contribution in [0.1, 0.15) is 46.3 Å². The molecule has 7 rings (SSSR count). The topological polar surface area (TPSA) is 93.7 Å². The minimum atomic E-state index is -0.838. The molecule has 2 aromatic heterocycles. The van der Waals surface area contributed by atoms with Crippen LogP contribution in [0.15, 0.2) is 40.8 Å². The fourth-order valence-corrected chi connectivity index (χ4v) is 5.44. The number of oxazole rings is 1. The van der Waals surface area contributed by atoms with Crippen molar-refractivity contribution in [3.8, 4) is 5.75 Å². The molecule has 1 saturated carbocycles. The van der Waals surface area contributed by atoms with Crippen LogP contribution in [0.25, 0.3) is 11.1 Å². The van der Waals surface area contributed by atoms with E-state index in [4.69, 9.17) is 20.8 Å². The smallest absolute Gasteiger partial charge is 0.275 e. The van der Waals surface area contributed by atoms with E-state index in [9.17, 15) is 14.0 Å². The Hall–Kier alpha value is -3.92. The molecule has 0 spiro atoms. The second-order valence-electron chi connectivity index (χ2n) is 9.99. The third kappa shape index (κ3) is 3.74. The first kappa shape index (κ1) is 23.2. The molecule has 1 aliphatic carbocycles. The third-order valence-electron chi connectivity index (χ3n) is 7.46. The number of nitrogens with zero attached hydrogens (tertiary/aromatic N) is 5. The number of hydrogen-bond acceptors (Lipinski definition) is 6. The average Bonchev–Trinajstić information content (AvgIpc) is 3.63. The van der Waals surface area contributed by atoms with E-state index in [0.29, 0.717) is 58.7 Å². The number of carbonyl (C=O) groups excluding carboxylic acids is 2. The van der Waals surface area contributed by atoms with Crippen molar-refractivity contribution in [2.24, 2.45) is 0 Å². The number of hydrogen-bond donors (Lipinski definition) is 0. The minimum absolute atomic E-state index is 0.000106. The van der Waals surface area contributed by atoms with E-state index in [0.717, 1.165) is 24.3 Å². The van der Waals surface area contributed by atoms with Crippen molar-refractivity contribution in [2.45, 2.75) is 37.8 Å². The third-order valence-corrected chi connectivity index (χ3v) is 7.88. The van der Waals surface area contributed by atoms with Gasteiger partial charge in [0.15, 0.2) is 17.2 Å². The van der Waals surface area contributed by atoms with E-state index in [2.05, 4.69) is 10.1 Å². The van der Waals surface area contributed by atoms with Gasteiger partial charge in [0.1, 0.15) is 34.9 Å². The van der Waals surface area contributed by atoms with E-state index in [1.54, 1.807) is 31.3 Å². The van der Waals surface area contributed by atoms with Crippen molar-refractivity contribution in [3.05, 3.63) is 70.1 Å². The molecule has 1 fully saturated rings. The Morgan fingerprint density at radius 1 is 1.16 bits per heavy atom. The molecule has 0 unspecified atom stereocenters. The van der Waals surface area contributed by atoms with Crippen molar-refractivity contribution in [1.29, 1.82) is 0 Å². The van der Waals surface area contributed by atoms with Crippen LogP contribution in [0.3, 0.4) is 0 Å². The van der Waals surface area contributed by atoms with Crippen LogP contribution >= 0.6 is 11.6 Å². The van der Waals surface area contributed by atoms with Crippen molar-refractivity contribution < 1.29 is 23.1 Å². The molecule has 3 aliphatic rings. The number of ether oxygens (including phenoxy) is 1. The van der Waals surface area contributed by atoms with Gasteiger partial charge in [0.25, 0.3) is 11.8 Å². The van der Waals surface area contributed by atoms with E-state index in [1.807, 2.05) is 0 Å². The standard InChI is InChI=1S/C27H23ClFN5O4/c1-32-19-11-21-18(30-25(38-21)15-4-5-15)10-22(19)37-13-20(26(32)35)33-9-8-17-23(27(33)36)31-34(24(17)28)12-14-2-6-16(29)7-3-14/h2-3,6-7,10-11,15,20H,4-5,8-9,12-13H2,1H3/t20-/m0/s1. The molecule has 0 bridgehead atoms. The summed E-state index contributed by atoms with van der Waals surface area (Å²) in [5, 5.41) is 4.84. The Kier molecular flexibility index (Phi) is 5.23. The lowest BCUT2D eigenvalue weighted by Gasteiger charge is -2.33. The molecule has 11 heteroatoms. The second kappa shape index (κ2) is 8.56. The lowest BCUT2D eigenvalue weighted by Crippen LogP contribution is -2.54. The van der Waals surface area contributed by atoms with Gasteiger partial charge in [-0.1, -0.05) is 23.7 Å². The van der Waals surface area contributed by atoms with Gasteiger partial charge in [-0.05, 0) is 37.0 Å². The van der Waals surface area contributed by atoms with Crippen LogP contribution in [0.2, 0.25) is 5.15 Å². The zero-order valence-corrected chi connectivity index (χ0v) is 21.2. The van der Waals surface area contributed by atoms with Crippen LogP contribution in [0.5, 0.6) is 5.75 Å². The van der Waals surface area contributed by atoms with Gasteiger partial charge in [-0.2, -0.15) is 5.10 Å². The van der Waals surface area contributed by atoms with E-state index < -0.39 is 6.04 Å². The van der Waals surface area contributed by atoms with Gasteiger partial charge in [-0.3, -0.25) is 9.59 Å². The first-order chi connectivity index (χ1) is 18.4. The first-order valence-electron chi connectivity index (χ1n) is 12.5. The molecule has 0 saturated heterocycles. The Morgan fingerprint density at radius 3 is 2.71 bits per heavy atom. The van der Waals surface area contributed by atoms with Gasteiger partial charge < -0.3 is 19.0 Å². The van der Waals surface area contributed by atoms with Crippen LogP contribution in [-0.4, -0.2) is 57.7 Å². The predicted molar refractivity (Wildman–Crippen MR) is 136 cm³/mol. The molecule has 0 radical (unpaired) electrons. The van der Waals surface area contributed by atoms with Crippen molar-refractivity contribution in [1.82, 2.24) is 19.7 Å². The molecule has 4 heterocycles. The summed E-state index contributed by atoms with van der Waals surface area (Å²) in [6.45, 7) is 0.590. The average molecular weight is 536 g/mol. The largest absolute Gasteiger partial charge is 0.489 e. The minimum Gasteiger partial charge on any atom is -0.489 e. The van der Waals surface area contributed by atoms with Crippen LogP contribution < -0.4 is 9.64 Å². The van der Waals surface area contributed by atoms with Crippen molar-refractivity contribution >= 4 is 40.2 Å². The highest BCUT2D eigenvalue weighted by atomic mass is 35.5. The predicted octanol–water partition coefficient (Wildman–Crippen LogP) is 4.16. The Balaban J connectivity index is 1.15. The molecule has 0 N–H and O–H groups in total. The number of likely N-dealkylation sites (N-methyl/N-ethyl adjacent to an activating group) is 1. The maximum absolute atomic E-state index is 13.6. The zero-order chi connectivity index (χ0) is 26.1. The number of anilines is 1. The molecule has 2 aromatic carbocycles. The fraction of sp³-hybridized carbons (Fsp3) is 0.333. The molecular formula is C27H23ClFN5O4. The summed E-state index contributed by atoms with van der Waals surface area (Å²) in [7, 11) is 1.67. The van der Waals surface area contributed by atoms with Crippen molar-refractivity contribution in [3.63, 3.8) is 0 Å². The quantitative estimate of drug-likeness (QED) is 0.389. The summed E-state index contributed by atoms with van der Waals surface area (Å²) in [6, 6.07) is 8.75. The van der Waals surface area contributed by atoms with Gasteiger partial charge >= 0.3 is 0 Å². The number of carbonyl (C=O) groups is 2. The van der Waals surface area contributed by atoms with Gasteiger partial charge in [0.2, 0.25) is 0 Å². The van der Waals surface area contributed by atoms with Gasteiger partial charge in [-0.25, -0.2) is 14.1 Å². The number of benzene rings is 2. The fourth-order valence-electron chi connectivity index (χ4n) is 5.16. The van der Waals surface area contributed by atoms with Gasteiger partial charge in [-0.15, -0.1) is 0 Å². The SMILES string of the molecule is CN1C(=O)[C@@H](N2CCc3c(nn(Cc4ccc(F)cc4)c3Cl)C2=O)COc2cc3nc(C4CC4)oc3cc21. The lowest BCUT2D eigenvalue weighted by molar-refractivity contribution is -0.123. The highest BCUT2D eigenvalue weighted by molar-refractivity contribution is 6.31. The number of fused-ring (bicyclic) bond motifs is 3. The summed E-state index contributed by atoms with van der Waals surface area (Å²) in [4.78, 5) is 34.8. The van der Waals surface area contributed by atoms with Crippen LogP contribution in [0, 0.1) is 5.82 Å². The molecular weight excluding hydrogens is 513 g/mol. The van der Waals surface area contributed by atoms with E-state index >= 15 is 0 Å². The summed E-state index contributed by atoms with van der Waals surface area (Å²) in [6.07, 6.45) is 2.60. The molecule has 194 valence electrons. The Morgan fingerprint density at radius 2 is 1.95 bits per heavy atom. The maximum Gasteiger partial charge on any atom is 0.275 e.